The van der Waals surface area contributed by atoms with Crippen LogP contribution in [-0.4, -0.2) is 17.0 Å². The number of aryl methyl sites for hydroxylation is 1. The van der Waals surface area contributed by atoms with Gasteiger partial charge in [-0.05, 0) is 43.5 Å². The number of benzene rings is 1. The summed E-state index contributed by atoms with van der Waals surface area (Å²) in [7, 11) is 0. The van der Waals surface area contributed by atoms with Gasteiger partial charge in [-0.25, -0.2) is 4.39 Å². The van der Waals surface area contributed by atoms with Gasteiger partial charge in [0.25, 0.3) is 0 Å². The molecule has 0 aliphatic heterocycles. The minimum atomic E-state index is -0.916. The predicted octanol–water partition coefficient (Wildman–Crippen LogP) is 2.96. The van der Waals surface area contributed by atoms with Crippen LogP contribution >= 0.6 is 0 Å². The summed E-state index contributed by atoms with van der Waals surface area (Å²) >= 11 is 0. The van der Waals surface area contributed by atoms with E-state index in [4.69, 9.17) is 0 Å². The third kappa shape index (κ3) is 3.15. The van der Waals surface area contributed by atoms with Crippen LogP contribution in [0.4, 0.5) is 10.1 Å². The summed E-state index contributed by atoms with van der Waals surface area (Å²) in [4.78, 5) is 23.5. The lowest BCUT2D eigenvalue weighted by molar-refractivity contribution is -0.147. The minimum Gasteiger partial charge on any atom is -0.481 e. The van der Waals surface area contributed by atoms with Crippen molar-refractivity contribution >= 4 is 17.6 Å². The number of carboxylic acids is 1. The second-order valence-corrected chi connectivity index (χ2v) is 5.28. The lowest BCUT2D eigenvalue weighted by Gasteiger charge is -2.27. The summed E-state index contributed by atoms with van der Waals surface area (Å²) in [5.74, 6) is -2.69. The Morgan fingerprint density at radius 1 is 1.25 bits per heavy atom. The highest BCUT2D eigenvalue weighted by Crippen LogP contribution is 2.31. The standard InChI is InChI=1S/C15H18FNO3/c1-9-8-10(16)6-7-13(9)17-14(18)11-4-2-3-5-12(11)15(19)20/h6-8,11-12H,2-5H2,1H3,(H,17,18)(H,19,20)/t11-,12+/m0/s1. The van der Waals surface area contributed by atoms with Crippen molar-refractivity contribution in [3.05, 3.63) is 29.6 Å². The topological polar surface area (TPSA) is 66.4 Å². The van der Waals surface area contributed by atoms with Crippen molar-refractivity contribution in [3.63, 3.8) is 0 Å². The van der Waals surface area contributed by atoms with Gasteiger partial charge in [0, 0.05) is 5.69 Å². The van der Waals surface area contributed by atoms with Crippen LogP contribution in [0.15, 0.2) is 18.2 Å². The maximum atomic E-state index is 13.0. The SMILES string of the molecule is Cc1cc(F)ccc1NC(=O)[C@H]1CCCC[C@H]1C(=O)O. The molecule has 0 aromatic heterocycles. The molecule has 0 bridgehead atoms. The normalized spacial score (nSPS) is 22.3. The quantitative estimate of drug-likeness (QED) is 0.894. The number of halogens is 1. The Labute approximate surface area is 117 Å². The molecule has 0 spiro atoms. The Morgan fingerprint density at radius 3 is 2.50 bits per heavy atom. The molecule has 2 rings (SSSR count). The zero-order chi connectivity index (χ0) is 14.7. The number of anilines is 1. The number of amides is 1. The van der Waals surface area contributed by atoms with E-state index in [9.17, 15) is 19.1 Å². The second kappa shape index (κ2) is 6.03. The van der Waals surface area contributed by atoms with E-state index in [1.807, 2.05) is 0 Å². The monoisotopic (exact) mass is 279 g/mol. The van der Waals surface area contributed by atoms with Crippen LogP contribution in [0.1, 0.15) is 31.2 Å². The third-order valence-corrected chi connectivity index (χ3v) is 3.87. The highest BCUT2D eigenvalue weighted by molar-refractivity contribution is 5.95. The zero-order valence-corrected chi connectivity index (χ0v) is 11.4. The van der Waals surface area contributed by atoms with E-state index in [0.717, 1.165) is 12.8 Å². The first-order valence-corrected chi connectivity index (χ1v) is 6.79. The number of aliphatic carboxylic acids is 1. The van der Waals surface area contributed by atoms with Gasteiger partial charge in [0.2, 0.25) is 5.91 Å². The van der Waals surface area contributed by atoms with Gasteiger partial charge in [0.15, 0.2) is 0 Å². The summed E-state index contributed by atoms with van der Waals surface area (Å²) in [6.07, 6.45) is 2.83. The second-order valence-electron chi connectivity index (χ2n) is 5.28. The van der Waals surface area contributed by atoms with Crippen molar-refractivity contribution in [2.24, 2.45) is 11.8 Å². The number of hydrogen-bond donors (Lipinski definition) is 2. The van der Waals surface area contributed by atoms with Crippen LogP contribution in [-0.2, 0) is 9.59 Å². The Morgan fingerprint density at radius 2 is 1.90 bits per heavy atom. The van der Waals surface area contributed by atoms with Gasteiger partial charge in [-0.1, -0.05) is 12.8 Å². The first-order chi connectivity index (χ1) is 9.49. The van der Waals surface area contributed by atoms with Gasteiger partial charge < -0.3 is 10.4 Å². The van der Waals surface area contributed by atoms with Crippen LogP contribution in [0.3, 0.4) is 0 Å². The average Bonchev–Trinajstić information content (AvgIpc) is 2.41. The summed E-state index contributed by atoms with van der Waals surface area (Å²) in [6, 6.07) is 4.12. The fraction of sp³-hybridized carbons (Fsp3) is 0.467. The molecule has 2 N–H and O–H groups in total. The molecule has 0 heterocycles. The maximum Gasteiger partial charge on any atom is 0.307 e. The van der Waals surface area contributed by atoms with Gasteiger partial charge in [-0.3, -0.25) is 9.59 Å². The maximum absolute atomic E-state index is 13.0. The number of carboxylic acid groups (broad SMARTS) is 1. The van der Waals surface area contributed by atoms with Crippen molar-refractivity contribution in [1.82, 2.24) is 0 Å². The molecule has 20 heavy (non-hydrogen) atoms. The highest BCUT2D eigenvalue weighted by Gasteiger charge is 2.35. The molecule has 1 aliphatic rings. The van der Waals surface area contributed by atoms with Crippen molar-refractivity contribution in [3.8, 4) is 0 Å². The van der Waals surface area contributed by atoms with Crippen LogP contribution < -0.4 is 5.32 Å². The smallest absolute Gasteiger partial charge is 0.307 e. The number of rotatable bonds is 3. The molecule has 4 nitrogen and oxygen atoms in total. The van der Waals surface area contributed by atoms with Crippen LogP contribution in [0.5, 0.6) is 0 Å². The fourth-order valence-corrected chi connectivity index (χ4v) is 2.73. The summed E-state index contributed by atoms with van der Waals surface area (Å²) in [6.45, 7) is 1.70. The molecule has 0 saturated heterocycles. The van der Waals surface area contributed by atoms with E-state index in [1.165, 1.54) is 18.2 Å². The molecule has 0 radical (unpaired) electrons. The van der Waals surface area contributed by atoms with Gasteiger partial charge in [0.1, 0.15) is 5.82 Å². The van der Waals surface area contributed by atoms with Gasteiger partial charge in [0.05, 0.1) is 11.8 Å². The molecule has 1 aliphatic carbocycles. The zero-order valence-electron chi connectivity index (χ0n) is 11.4. The van der Waals surface area contributed by atoms with Crippen LogP contribution in [0.2, 0.25) is 0 Å². The van der Waals surface area contributed by atoms with Crippen LogP contribution in [0.25, 0.3) is 0 Å². The molecule has 1 fully saturated rings. The van der Waals surface area contributed by atoms with E-state index < -0.39 is 17.8 Å². The minimum absolute atomic E-state index is 0.285. The first kappa shape index (κ1) is 14.5. The summed E-state index contributed by atoms with van der Waals surface area (Å²) in [5, 5.41) is 11.9. The van der Waals surface area contributed by atoms with E-state index in [2.05, 4.69) is 5.32 Å². The largest absolute Gasteiger partial charge is 0.481 e. The first-order valence-electron chi connectivity index (χ1n) is 6.79. The number of carbonyl (C=O) groups is 2. The average molecular weight is 279 g/mol. The van der Waals surface area contributed by atoms with Crippen molar-refractivity contribution in [2.45, 2.75) is 32.6 Å². The summed E-state index contributed by atoms with van der Waals surface area (Å²) < 4.78 is 13.0. The number of nitrogens with one attached hydrogen (secondary N) is 1. The van der Waals surface area contributed by atoms with Gasteiger partial charge in [-0.2, -0.15) is 0 Å². The van der Waals surface area contributed by atoms with E-state index in [1.54, 1.807) is 6.92 Å². The Hall–Kier alpha value is -1.91. The van der Waals surface area contributed by atoms with Crippen molar-refractivity contribution in [1.29, 1.82) is 0 Å². The predicted molar refractivity (Wildman–Crippen MR) is 72.9 cm³/mol. The van der Waals surface area contributed by atoms with Gasteiger partial charge in [-0.15, -0.1) is 0 Å². The molecule has 1 aromatic rings. The van der Waals surface area contributed by atoms with Crippen molar-refractivity contribution in [2.75, 3.05) is 5.32 Å². The molecule has 1 aromatic carbocycles. The van der Waals surface area contributed by atoms with Gasteiger partial charge >= 0.3 is 5.97 Å². The lowest BCUT2D eigenvalue weighted by Crippen LogP contribution is -2.36. The summed E-state index contributed by atoms with van der Waals surface area (Å²) in [5.41, 5.74) is 1.16. The third-order valence-electron chi connectivity index (χ3n) is 3.87. The Bertz CT molecular complexity index is 530. The number of carbonyl (C=O) groups excluding carboxylic acids is 1. The molecule has 2 atom stereocenters. The molecule has 1 saturated carbocycles. The van der Waals surface area contributed by atoms with E-state index in [0.29, 0.717) is 24.1 Å². The van der Waals surface area contributed by atoms with E-state index in [-0.39, 0.29) is 11.7 Å². The molecule has 1 amide bonds. The number of hydrogen-bond acceptors (Lipinski definition) is 2. The lowest BCUT2D eigenvalue weighted by atomic mass is 9.78. The molecule has 0 unspecified atom stereocenters. The Balaban J connectivity index is 2.12. The molecule has 108 valence electrons. The fourth-order valence-electron chi connectivity index (χ4n) is 2.73. The Kier molecular flexibility index (Phi) is 4.37. The highest BCUT2D eigenvalue weighted by atomic mass is 19.1. The van der Waals surface area contributed by atoms with E-state index >= 15 is 0 Å². The van der Waals surface area contributed by atoms with Crippen molar-refractivity contribution < 1.29 is 19.1 Å². The molecule has 5 heteroatoms. The molecular formula is C15H18FNO3. The van der Waals surface area contributed by atoms with Crippen LogP contribution in [0, 0.1) is 24.6 Å². The molecular weight excluding hydrogens is 261 g/mol.